The number of benzene rings is 1. The maximum absolute atomic E-state index is 7.50. The fourth-order valence-corrected chi connectivity index (χ4v) is 0.987. The molecule has 0 saturated heterocycles. The first kappa shape index (κ1) is 32.8. The molecule has 0 unspecified atom stereocenters. The van der Waals surface area contributed by atoms with Gasteiger partial charge in [-0.1, -0.05) is 0 Å². The van der Waals surface area contributed by atoms with E-state index in [0.717, 1.165) is 4.50 Å². The van der Waals surface area contributed by atoms with Crippen LogP contribution in [-0.2, 0) is 39.1 Å². The van der Waals surface area contributed by atoms with Crippen molar-refractivity contribution >= 4 is 10.6 Å². The van der Waals surface area contributed by atoms with E-state index in [4.69, 9.17) is 23.3 Å². The Balaban J connectivity index is -0.0000000923. The van der Waals surface area contributed by atoms with Gasteiger partial charge in [0, 0.05) is 0 Å². The number of hydrogen-bond donors (Lipinski definition) is 0. The van der Waals surface area contributed by atoms with E-state index in [-0.39, 0.29) is 0 Å². The van der Waals surface area contributed by atoms with E-state index in [9.17, 15) is 0 Å². The molecule has 6 nitrogen and oxygen atoms in total. The van der Waals surface area contributed by atoms with Gasteiger partial charge in [-0.25, -0.2) is 0 Å². The minimum atomic E-state index is 1.13. The summed E-state index contributed by atoms with van der Waals surface area (Å²) in [5, 5.41) is 0. The molecule has 0 radical (unpaired) electrons. The van der Waals surface area contributed by atoms with Gasteiger partial charge in [-0.05, 0) is 0 Å². The van der Waals surface area contributed by atoms with Gasteiger partial charge in [0.2, 0.25) is 0 Å². The summed E-state index contributed by atoms with van der Waals surface area (Å²) in [6.45, 7) is 22.5. The molecule has 1 aromatic carbocycles. The molecule has 0 aliphatic rings. The molecule has 0 bridgehead atoms. The van der Waals surface area contributed by atoms with Crippen LogP contribution in [0.2, 0.25) is 0 Å². The predicted octanol–water partition coefficient (Wildman–Crippen LogP) is 1.75. The molecular formula is C16H13CrNO5. The first-order valence-corrected chi connectivity index (χ1v) is 5.80. The molecule has 0 aliphatic heterocycles. The average molecular weight is 351 g/mol. The van der Waals surface area contributed by atoms with Gasteiger partial charge in [0.25, 0.3) is 0 Å². The molecule has 0 aromatic heterocycles. The van der Waals surface area contributed by atoms with E-state index >= 15 is 0 Å². The first-order chi connectivity index (χ1) is 11.2. The molecule has 23 heavy (non-hydrogen) atoms. The Kier molecular flexibility index (Phi) is 52.6. The van der Waals surface area contributed by atoms with Gasteiger partial charge in [0.15, 0.2) is 0 Å². The summed E-state index contributed by atoms with van der Waals surface area (Å²) in [6.07, 6.45) is 4.15. The molecule has 0 spiro atoms. The normalized spacial score (nSPS) is 6.65. The molecule has 1 aromatic rings. The summed E-state index contributed by atoms with van der Waals surface area (Å²) in [7, 11) is 4.03. The summed E-state index contributed by atoms with van der Waals surface area (Å²) < 4.78 is 38.6. The van der Waals surface area contributed by atoms with Crippen LogP contribution in [-0.4, -0.2) is 23.5 Å². The summed E-state index contributed by atoms with van der Waals surface area (Å²) in [5.74, 6) is 0. The molecule has 118 valence electrons. The molecule has 0 atom stereocenters. The van der Waals surface area contributed by atoms with Crippen molar-refractivity contribution in [3.8, 4) is 0 Å². The fourth-order valence-electron chi connectivity index (χ4n) is 0.881. The van der Waals surface area contributed by atoms with Gasteiger partial charge < -0.3 is 0 Å². The number of hydrogen-bond acceptors (Lipinski definition) is 1. The zero-order valence-corrected chi connectivity index (χ0v) is 13.7. The Morgan fingerprint density at radius 2 is 1.17 bits per heavy atom. The minimum absolute atomic E-state index is 1.13. The molecule has 0 saturated carbocycles. The van der Waals surface area contributed by atoms with E-state index < -0.39 is 0 Å². The van der Waals surface area contributed by atoms with Crippen LogP contribution in [0.25, 0.3) is 6.08 Å². The zero-order valence-electron chi connectivity index (χ0n) is 12.4. The first-order valence-electron chi connectivity index (χ1n) is 5.16. The van der Waals surface area contributed by atoms with Crippen molar-refractivity contribution in [3.05, 3.63) is 75.2 Å². The van der Waals surface area contributed by atoms with E-state index in [1.807, 2.05) is 37.2 Å². The van der Waals surface area contributed by atoms with E-state index in [0.29, 0.717) is 0 Å². The molecule has 0 fully saturated rings. The second kappa shape index (κ2) is 36.8. The topological polar surface area (TPSA) is 103 Å². The number of likely N-dealkylation sites (N-methyl/N-ethyl adjacent to an activating group) is 1. The maximum atomic E-state index is 7.50. The van der Waals surface area contributed by atoms with Crippen molar-refractivity contribution in [1.29, 1.82) is 0 Å². The second-order valence-electron chi connectivity index (χ2n) is 2.98. The zero-order chi connectivity index (χ0) is 19.7. The third-order valence-corrected chi connectivity index (χ3v) is 2.44. The van der Waals surface area contributed by atoms with Gasteiger partial charge in [0.05, 0.1) is 0 Å². The molecule has 0 heterocycles. The molecule has 1 rings (SSSR count). The van der Waals surface area contributed by atoms with Gasteiger partial charge in [-0.3, -0.25) is 0 Å². The number of nitrogens with zero attached hydrogens (tertiary/aromatic N) is 1. The van der Waals surface area contributed by atoms with Crippen LogP contribution in [0, 0.1) is 33.3 Å². The second-order valence-corrected chi connectivity index (χ2v) is 3.63. The molecule has 7 heteroatoms. The van der Waals surface area contributed by atoms with Crippen LogP contribution in [0.5, 0.6) is 0 Å². The molecule has 0 aliphatic carbocycles. The summed E-state index contributed by atoms with van der Waals surface area (Å²) >= 11 is 3.00. The average Bonchev–Trinajstić information content (AvgIpc) is 2.68. The SMILES string of the molecule is CN(C)[C](=[Cr])/C=C/c1ccccc1.[C-]#[O+].[C-]#[O+].[C-]#[O+].[C-]#[O+].[C-]#[O+]. The van der Waals surface area contributed by atoms with Gasteiger partial charge >= 0.3 is 144 Å². The van der Waals surface area contributed by atoms with Crippen molar-refractivity contribution < 1.29 is 39.1 Å². The van der Waals surface area contributed by atoms with Crippen molar-refractivity contribution in [2.45, 2.75) is 0 Å². The van der Waals surface area contributed by atoms with Crippen LogP contribution >= 0.6 is 0 Å². The van der Waals surface area contributed by atoms with Crippen molar-refractivity contribution in [2.75, 3.05) is 14.1 Å². The van der Waals surface area contributed by atoms with Crippen molar-refractivity contribution in [2.24, 2.45) is 0 Å². The van der Waals surface area contributed by atoms with Gasteiger partial charge in [0.1, 0.15) is 0 Å². The summed E-state index contributed by atoms with van der Waals surface area (Å²) in [4.78, 5) is 2.04. The molecule has 0 N–H and O–H groups in total. The van der Waals surface area contributed by atoms with Gasteiger partial charge in [-0.15, -0.1) is 0 Å². The van der Waals surface area contributed by atoms with Crippen LogP contribution < -0.4 is 0 Å². The van der Waals surface area contributed by atoms with Crippen LogP contribution in [0.4, 0.5) is 0 Å². The summed E-state index contributed by atoms with van der Waals surface area (Å²) in [5.41, 5.74) is 1.22. The molecule has 0 amide bonds. The number of rotatable bonds is 3. The van der Waals surface area contributed by atoms with Crippen molar-refractivity contribution in [3.63, 3.8) is 0 Å². The monoisotopic (exact) mass is 351 g/mol. The van der Waals surface area contributed by atoms with Crippen molar-refractivity contribution in [1.82, 2.24) is 4.90 Å². The van der Waals surface area contributed by atoms with Crippen LogP contribution in [0.1, 0.15) is 5.56 Å². The Bertz CT molecular complexity index is 464. The standard InChI is InChI=1S/C11H13N.5CO.Cr/c1-12(2)10-6-9-11-7-4-3-5-8-11;5*1-2;/h3-9H,1-2H3;;;;;;/b9-6+;;;;;;. The van der Waals surface area contributed by atoms with Crippen LogP contribution in [0.3, 0.4) is 0 Å². The molecular weight excluding hydrogens is 338 g/mol. The Morgan fingerprint density at radius 1 is 0.826 bits per heavy atom. The quantitative estimate of drug-likeness (QED) is 0.601. The Hall–Kier alpha value is -1.98. The van der Waals surface area contributed by atoms with E-state index in [2.05, 4.69) is 73.4 Å². The Labute approximate surface area is 144 Å². The Morgan fingerprint density at radius 3 is 1.48 bits per heavy atom. The van der Waals surface area contributed by atoms with Crippen LogP contribution in [0.15, 0.2) is 36.4 Å². The fraction of sp³-hybridized carbons (Fsp3) is 0.125. The third-order valence-electron chi connectivity index (χ3n) is 1.66. The summed E-state index contributed by atoms with van der Waals surface area (Å²) in [6, 6.07) is 10.3. The predicted molar refractivity (Wildman–Crippen MR) is 73.8 cm³/mol. The third kappa shape index (κ3) is 28.8. The van der Waals surface area contributed by atoms with E-state index in [1.54, 1.807) is 0 Å². The van der Waals surface area contributed by atoms with E-state index in [1.165, 1.54) is 5.56 Å². The van der Waals surface area contributed by atoms with Gasteiger partial charge in [-0.2, -0.15) is 0 Å².